The van der Waals surface area contributed by atoms with Gasteiger partial charge in [-0.25, -0.2) is 4.79 Å². The third-order valence-electron chi connectivity index (χ3n) is 3.82. The molecule has 0 aliphatic carbocycles. The number of likely N-dealkylation sites (tertiary alicyclic amines) is 1. The van der Waals surface area contributed by atoms with E-state index in [2.05, 4.69) is 17.2 Å². The van der Waals surface area contributed by atoms with Crippen LogP contribution in [0.3, 0.4) is 0 Å². The summed E-state index contributed by atoms with van der Waals surface area (Å²) in [5.74, 6) is 0.564. The zero-order chi connectivity index (χ0) is 16.2. The largest absolute Gasteiger partial charge is 0.444 e. The Hall–Kier alpha value is -1.14. The van der Waals surface area contributed by atoms with Crippen molar-refractivity contribution in [2.24, 2.45) is 5.92 Å². The van der Waals surface area contributed by atoms with Gasteiger partial charge in [0.1, 0.15) is 5.60 Å². The second-order valence-corrected chi connectivity index (χ2v) is 7.87. The van der Waals surface area contributed by atoms with Crippen molar-refractivity contribution < 1.29 is 9.53 Å². The maximum atomic E-state index is 12.0. The number of hydrogen-bond acceptors (Lipinski definition) is 5. The zero-order valence-corrected chi connectivity index (χ0v) is 14.8. The number of aromatic nitrogens is 1. The average Bonchev–Trinajstić information content (AvgIpc) is 3.08. The number of amides is 1. The maximum absolute atomic E-state index is 12.0. The summed E-state index contributed by atoms with van der Waals surface area (Å²) in [6, 6.07) is 0.343. The predicted molar refractivity (Wildman–Crippen MR) is 89.1 cm³/mol. The van der Waals surface area contributed by atoms with Crippen molar-refractivity contribution >= 4 is 17.4 Å². The summed E-state index contributed by atoms with van der Waals surface area (Å²) in [6.07, 6.45) is 3.89. The fraction of sp³-hybridized carbons (Fsp3) is 0.750. The van der Waals surface area contributed by atoms with Crippen molar-refractivity contribution in [3.05, 3.63) is 16.6 Å². The molecule has 0 radical (unpaired) electrons. The molecule has 6 heteroatoms. The summed E-state index contributed by atoms with van der Waals surface area (Å²) in [5.41, 5.74) is 1.45. The van der Waals surface area contributed by atoms with E-state index in [0.29, 0.717) is 12.0 Å². The topological polar surface area (TPSA) is 54.5 Å². The highest BCUT2D eigenvalue weighted by Crippen LogP contribution is 2.22. The molecule has 2 unspecified atom stereocenters. The lowest BCUT2D eigenvalue weighted by Crippen LogP contribution is -2.35. The standard InChI is InChI=1S/C16H27N3O2S/c1-12(14-9-17-11-22-14)18-7-5-13-6-8-19(10-13)15(20)21-16(2,3)4/h9,11-13,18H,5-8,10H2,1-4H3. The number of ether oxygens (including phenoxy) is 1. The molecule has 1 aliphatic heterocycles. The van der Waals surface area contributed by atoms with Crippen LogP contribution < -0.4 is 5.32 Å². The molecule has 2 heterocycles. The SMILES string of the molecule is CC(NCCC1CCN(C(=O)OC(C)(C)C)C1)c1cncs1. The minimum absolute atomic E-state index is 0.180. The minimum Gasteiger partial charge on any atom is -0.444 e. The van der Waals surface area contributed by atoms with Gasteiger partial charge in [-0.15, -0.1) is 11.3 Å². The summed E-state index contributed by atoms with van der Waals surface area (Å²) in [7, 11) is 0. The first-order valence-electron chi connectivity index (χ1n) is 7.95. The van der Waals surface area contributed by atoms with Crippen LogP contribution in [-0.4, -0.2) is 41.2 Å². The van der Waals surface area contributed by atoms with Gasteiger partial charge in [0.15, 0.2) is 0 Å². The lowest BCUT2D eigenvalue weighted by Gasteiger charge is -2.24. The van der Waals surface area contributed by atoms with E-state index in [4.69, 9.17) is 4.74 Å². The van der Waals surface area contributed by atoms with E-state index in [9.17, 15) is 4.79 Å². The Morgan fingerprint density at radius 3 is 3.00 bits per heavy atom. The molecule has 1 aromatic heterocycles. The highest BCUT2D eigenvalue weighted by atomic mass is 32.1. The minimum atomic E-state index is -0.416. The van der Waals surface area contributed by atoms with Crippen LogP contribution in [-0.2, 0) is 4.74 Å². The third kappa shape index (κ3) is 5.25. The molecule has 0 spiro atoms. The summed E-state index contributed by atoms with van der Waals surface area (Å²) < 4.78 is 5.43. The Labute approximate surface area is 137 Å². The van der Waals surface area contributed by atoms with Crippen LogP contribution in [0.1, 0.15) is 51.5 Å². The summed E-state index contributed by atoms with van der Waals surface area (Å²) in [4.78, 5) is 19.2. The average molecular weight is 325 g/mol. The Morgan fingerprint density at radius 1 is 1.59 bits per heavy atom. The maximum Gasteiger partial charge on any atom is 0.410 e. The van der Waals surface area contributed by atoms with Crippen LogP contribution in [0.5, 0.6) is 0 Å². The molecule has 124 valence electrons. The van der Waals surface area contributed by atoms with Crippen molar-refractivity contribution in [3.8, 4) is 0 Å². The summed E-state index contributed by atoms with van der Waals surface area (Å²) in [5, 5.41) is 3.53. The van der Waals surface area contributed by atoms with Crippen LogP contribution in [0.4, 0.5) is 4.79 Å². The van der Waals surface area contributed by atoms with Crippen molar-refractivity contribution in [1.29, 1.82) is 0 Å². The highest BCUT2D eigenvalue weighted by Gasteiger charge is 2.29. The molecule has 1 amide bonds. The molecule has 1 N–H and O–H groups in total. The van der Waals surface area contributed by atoms with Crippen molar-refractivity contribution in [2.75, 3.05) is 19.6 Å². The monoisotopic (exact) mass is 325 g/mol. The van der Waals surface area contributed by atoms with E-state index >= 15 is 0 Å². The Morgan fingerprint density at radius 2 is 2.36 bits per heavy atom. The second-order valence-electron chi connectivity index (χ2n) is 6.95. The number of carbonyl (C=O) groups excluding carboxylic acids is 1. The third-order valence-corrected chi connectivity index (χ3v) is 4.78. The normalized spacial score (nSPS) is 20.2. The van der Waals surface area contributed by atoms with Gasteiger partial charge in [-0.3, -0.25) is 4.98 Å². The molecular weight excluding hydrogens is 298 g/mol. The van der Waals surface area contributed by atoms with E-state index in [0.717, 1.165) is 32.5 Å². The van der Waals surface area contributed by atoms with Crippen molar-refractivity contribution in [2.45, 2.75) is 52.2 Å². The fourth-order valence-corrected chi connectivity index (χ4v) is 3.26. The highest BCUT2D eigenvalue weighted by molar-refractivity contribution is 7.09. The lowest BCUT2D eigenvalue weighted by molar-refractivity contribution is 0.0287. The molecule has 2 rings (SSSR count). The molecule has 1 fully saturated rings. The first kappa shape index (κ1) is 17.2. The number of nitrogens with zero attached hydrogens (tertiary/aromatic N) is 2. The van der Waals surface area contributed by atoms with Gasteiger partial charge >= 0.3 is 6.09 Å². The molecule has 2 atom stereocenters. The Balaban J connectivity index is 1.67. The van der Waals surface area contributed by atoms with E-state index in [1.54, 1.807) is 11.3 Å². The number of rotatable bonds is 5. The second kappa shape index (κ2) is 7.42. The van der Waals surface area contributed by atoms with Gasteiger partial charge in [0.25, 0.3) is 0 Å². The number of nitrogens with one attached hydrogen (secondary N) is 1. The Kier molecular flexibility index (Phi) is 5.81. The van der Waals surface area contributed by atoms with Crippen LogP contribution in [0, 0.1) is 5.92 Å². The fourth-order valence-electron chi connectivity index (χ4n) is 2.60. The van der Waals surface area contributed by atoms with Gasteiger partial charge in [0, 0.05) is 30.2 Å². The van der Waals surface area contributed by atoms with E-state index in [-0.39, 0.29) is 6.09 Å². The van der Waals surface area contributed by atoms with Crippen LogP contribution >= 0.6 is 11.3 Å². The van der Waals surface area contributed by atoms with E-state index < -0.39 is 5.60 Å². The van der Waals surface area contributed by atoms with Gasteiger partial charge < -0.3 is 15.0 Å². The van der Waals surface area contributed by atoms with Crippen molar-refractivity contribution in [3.63, 3.8) is 0 Å². The molecule has 1 saturated heterocycles. The summed E-state index contributed by atoms with van der Waals surface area (Å²) in [6.45, 7) is 10.5. The zero-order valence-electron chi connectivity index (χ0n) is 14.0. The van der Waals surface area contributed by atoms with E-state index in [1.165, 1.54) is 4.88 Å². The quantitative estimate of drug-likeness (QED) is 0.901. The molecule has 0 saturated carbocycles. The van der Waals surface area contributed by atoms with Gasteiger partial charge in [-0.2, -0.15) is 0 Å². The molecule has 1 aliphatic rings. The predicted octanol–water partition coefficient (Wildman–Crippen LogP) is 3.44. The van der Waals surface area contributed by atoms with Gasteiger partial charge in [-0.1, -0.05) is 0 Å². The molecule has 5 nitrogen and oxygen atoms in total. The molecular formula is C16H27N3O2S. The smallest absolute Gasteiger partial charge is 0.410 e. The molecule has 22 heavy (non-hydrogen) atoms. The Bertz CT molecular complexity index is 470. The molecule has 0 aromatic carbocycles. The first-order valence-corrected chi connectivity index (χ1v) is 8.83. The van der Waals surface area contributed by atoms with Crippen LogP contribution in [0.15, 0.2) is 11.7 Å². The summed E-state index contributed by atoms with van der Waals surface area (Å²) >= 11 is 1.68. The molecule has 1 aromatic rings. The number of hydrogen-bond donors (Lipinski definition) is 1. The van der Waals surface area contributed by atoms with Crippen LogP contribution in [0.2, 0.25) is 0 Å². The molecule has 0 bridgehead atoms. The first-order chi connectivity index (χ1) is 10.3. The lowest BCUT2D eigenvalue weighted by atomic mass is 10.1. The van der Waals surface area contributed by atoms with Gasteiger partial charge in [0.05, 0.1) is 5.51 Å². The van der Waals surface area contributed by atoms with Gasteiger partial charge in [0.2, 0.25) is 0 Å². The van der Waals surface area contributed by atoms with Crippen molar-refractivity contribution in [1.82, 2.24) is 15.2 Å². The van der Waals surface area contributed by atoms with Crippen LogP contribution in [0.25, 0.3) is 0 Å². The number of carbonyl (C=O) groups is 1. The van der Waals surface area contributed by atoms with E-state index in [1.807, 2.05) is 37.4 Å². The number of thiazole rings is 1. The van der Waals surface area contributed by atoms with Gasteiger partial charge in [-0.05, 0) is 53.0 Å².